The van der Waals surface area contributed by atoms with Gasteiger partial charge in [-0.15, -0.1) is 0 Å². The first-order valence-corrected chi connectivity index (χ1v) is 9.74. The number of nitrogens with zero attached hydrogens (tertiary/aromatic N) is 2. The van der Waals surface area contributed by atoms with E-state index in [9.17, 15) is 9.59 Å². The van der Waals surface area contributed by atoms with Crippen LogP contribution in [-0.2, 0) is 17.9 Å². The summed E-state index contributed by atoms with van der Waals surface area (Å²) in [6, 6.07) is 18.6. The van der Waals surface area contributed by atoms with E-state index in [1.165, 1.54) is 10.7 Å². The number of benzene rings is 2. The molecule has 26 heavy (non-hydrogen) atoms. The molecule has 0 unspecified atom stereocenters. The van der Waals surface area contributed by atoms with E-state index < -0.39 is 0 Å². The standard InChI is InChI=1S/C19H15BrIN3O2/c20-15-5-3-14(4-6-15)17-9-10-19(26)24(23-17)12-18(25)22-11-13-1-7-16(21)8-2-13/h1-10H,11-12H2,(H,22,25). The first-order valence-electron chi connectivity index (χ1n) is 7.86. The number of amides is 1. The number of rotatable bonds is 5. The van der Waals surface area contributed by atoms with E-state index in [1.54, 1.807) is 6.07 Å². The average molecular weight is 524 g/mol. The lowest BCUT2D eigenvalue weighted by molar-refractivity contribution is -0.122. The summed E-state index contributed by atoms with van der Waals surface area (Å²) in [7, 11) is 0. The van der Waals surface area contributed by atoms with Gasteiger partial charge in [-0.05, 0) is 58.5 Å². The fourth-order valence-electron chi connectivity index (χ4n) is 2.33. The van der Waals surface area contributed by atoms with Crippen molar-refractivity contribution in [1.29, 1.82) is 0 Å². The lowest BCUT2D eigenvalue weighted by Gasteiger charge is -2.09. The van der Waals surface area contributed by atoms with Gasteiger partial charge in [0, 0.05) is 26.2 Å². The second-order valence-electron chi connectivity index (χ2n) is 5.62. The molecule has 1 aromatic heterocycles. The molecule has 0 saturated carbocycles. The number of carbonyl (C=O) groups excluding carboxylic acids is 1. The van der Waals surface area contributed by atoms with E-state index in [-0.39, 0.29) is 18.0 Å². The van der Waals surface area contributed by atoms with Crippen LogP contribution in [0.1, 0.15) is 5.56 Å². The summed E-state index contributed by atoms with van der Waals surface area (Å²) in [6.07, 6.45) is 0. The van der Waals surface area contributed by atoms with Gasteiger partial charge in [0.2, 0.25) is 5.91 Å². The van der Waals surface area contributed by atoms with Crippen LogP contribution in [0.3, 0.4) is 0 Å². The highest BCUT2D eigenvalue weighted by atomic mass is 127. The van der Waals surface area contributed by atoms with Crippen LogP contribution >= 0.6 is 38.5 Å². The Bertz CT molecular complexity index is 969. The number of carbonyl (C=O) groups is 1. The minimum Gasteiger partial charge on any atom is -0.350 e. The Labute approximate surface area is 172 Å². The maximum Gasteiger partial charge on any atom is 0.267 e. The third kappa shape index (κ3) is 5.01. The first-order chi connectivity index (χ1) is 12.5. The molecule has 3 aromatic rings. The molecule has 1 N–H and O–H groups in total. The quantitative estimate of drug-likeness (QED) is 0.520. The maximum atomic E-state index is 12.2. The van der Waals surface area contributed by atoms with Crippen molar-refractivity contribution in [1.82, 2.24) is 15.1 Å². The minimum atomic E-state index is -0.310. The van der Waals surface area contributed by atoms with Crippen LogP contribution in [0.15, 0.2) is 69.9 Å². The average Bonchev–Trinajstić information content (AvgIpc) is 2.64. The largest absolute Gasteiger partial charge is 0.350 e. The van der Waals surface area contributed by atoms with Gasteiger partial charge in [0.1, 0.15) is 6.54 Å². The summed E-state index contributed by atoms with van der Waals surface area (Å²) in [6.45, 7) is 0.296. The predicted molar refractivity (Wildman–Crippen MR) is 113 cm³/mol. The fourth-order valence-corrected chi connectivity index (χ4v) is 2.96. The SMILES string of the molecule is O=C(Cn1nc(-c2ccc(Br)cc2)ccc1=O)NCc1ccc(I)cc1. The molecule has 0 atom stereocenters. The van der Waals surface area contributed by atoms with Crippen molar-refractivity contribution in [3.05, 3.63) is 84.6 Å². The lowest BCUT2D eigenvalue weighted by Crippen LogP contribution is -2.33. The molecule has 0 aliphatic rings. The number of hydrogen-bond donors (Lipinski definition) is 1. The molecule has 3 rings (SSSR count). The van der Waals surface area contributed by atoms with Crippen molar-refractivity contribution in [3.8, 4) is 11.3 Å². The Kier molecular flexibility index (Phi) is 6.20. The third-order valence-corrected chi connectivity index (χ3v) is 4.95. The van der Waals surface area contributed by atoms with Gasteiger partial charge in [0.25, 0.3) is 5.56 Å². The molecule has 0 fully saturated rings. The van der Waals surface area contributed by atoms with Gasteiger partial charge in [-0.1, -0.05) is 40.2 Å². The molecule has 1 amide bonds. The zero-order valence-electron chi connectivity index (χ0n) is 13.7. The topological polar surface area (TPSA) is 64.0 Å². The van der Waals surface area contributed by atoms with Crippen LogP contribution < -0.4 is 10.9 Å². The van der Waals surface area contributed by atoms with E-state index >= 15 is 0 Å². The van der Waals surface area contributed by atoms with E-state index in [4.69, 9.17) is 0 Å². The monoisotopic (exact) mass is 523 g/mol. The van der Waals surface area contributed by atoms with Crippen molar-refractivity contribution in [2.75, 3.05) is 0 Å². The highest BCUT2D eigenvalue weighted by Crippen LogP contribution is 2.18. The molecule has 1 heterocycles. The number of nitrogens with one attached hydrogen (secondary N) is 1. The van der Waals surface area contributed by atoms with E-state index in [2.05, 4.69) is 48.9 Å². The Morgan fingerprint density at radius 1 is 1.04 bits per heavy atom. The summed E-state index contributed by atoms with van der Waals surface area (Å²) in [5.41, 5.74) is 2.21. The van der Waals surface area contributed by atoms with Crippen molar-refractivity contribution in [3.63, 3.8) is 0 Å². The van der Waals surface area contributed by atoms with E-state index in [1.807, 2.05) is 48.5 Å². The van der Waals surface area contributed by atoms with Crippen LogP contribution in [0.4, 0.5) is 0 Å². The third-order valence-electron chi connectivity index (χ3n) is 3.70. The first kappa shape index (κ1) is 18.8. The maximum absolute atomic E-state index is 12.2. The van der Waals surface area contributed by atoms with Crippen molar-refractivity contribution in [2.45, 2.75) is 13.1 Å². The zero-order valence-corrected chi connectivity index (χ0v) is 17.4. The Morgan fingerprint density at radius 2 is 1.73 bits per heavy atom. The highest BCUT2D eigenvalue weighted by Gasteiger charge is 2.08. The summed E-state index contributed by atoms with van der Waals surface area (Å²) in [5, 5.41) is 7.12. The Balaban J connectivity index is 1.69. The molecule has 0 aliphatic heterocycles. The molecule has 2 aromatic carbocycles. The van der Waals surface area contributed by atoms with E-state index in [0.29, 0.717) is 12.2 Å². The normalized spacial score (nSPS) is 10.5. The second-order valence-corrected chi connectivity index (χ2v) is 7.79. The van der Waals surface area contributed by atoms with Gasteiger partial charge < -0.3 is 5.32 Å². The van der Waals surface area contributed by atoms with Crippen LogP contribution in [-0.4, -0.2) is 15.7 Å². The van der Waals surface area contributed by atoms with Gasteiger partial charge in [0.05, 0.1) is 5.69 Å². The highest BCUT2D eigenvalue weighted by molar-refractivity contribution is 14.1. The fraction of sp³-hybridized carbons (Fsp3) is 0.105. The summed E-state index contributed by atoms with van der Waals surface area (Å²) < 4.78 is 3.28. The molecule has 0 aliphatic carbocycles. The van der Waals surface area contributed by atoms with Gasteiger partial charge in [-0.2, -0.15) is 5.10 Å². The molecule has 0 bridgehead atoms. The smallest absolute Gasteiger partial charge is 0.267 e. The van der Waals surface area contributed by atoms with Crippen molar-refractivity contribution < 1.29 is 4.79 Å². The van der Waals surface area contributed by atoms with Crippen LogP contribution in [0, 0.1) is 3.57 Å². The molecule has 0 saturated heterocycles. The molecule has 5 nitrogen and oxygen atoms in total. The lowest BCUT2D eigenvalue weighted by atomic mass is 10.1. The predicted octanol–water partition coefficient (Wildman–Crippen LogP) is 3.59. The Morgan fingerprint density at radius 3 is 2.42 bits per heavy atom. The summed E-state index contributed by atoms with van der Waals surface area (Å²) in [5.74, 6) is -0.258. The van der Waals surface area contributed by atoms with Crippen molar-refractivity contribution in [2.24, 2.45) is 0 Å². The molecular formula is C19H15BrIN3O2. The van der Waals surface area contributed by atoms with E-state index in [0.717, 1.165) is 19.2 Å². The van der Waals surface area contributed by atoms with Crippen molar-refractivity contribution >= 4 is 44.4 Å². The summed E-state index contributed by atoms with van der Waals surface area (Å²) in [4.78, 5) is 24.2. The van der Waals surface area contributed by atoms with Crippen LogP contribution in [0.25, 0.3) is 11.3 Å². The number of aromatic nitrogens is 2. The van der Waals surface area contributed by atoms with Gasteiger partial charge in [-0.3, -0.25) is 9.59 Å². The summed E-state index contributed by atoms with van der Waals surface area (Å²) >= 11 is 5.62. The van der Waals surface area contributed by atoms with Crippen LogP contribution in [0.5, 0.6) is 0 Å². The van der Waals surface area contributed by atoms with Gasteiger partial charge in [0.15, 0.2) is 0 Å². The number of hydrogen-bond acceptors (Lipinski definition) is 3. The molecule has 0 radical (unpaired) electrons. The van der Waals surface area contributed by atoms with Gasteiger partial charge >= 0.3 is 0 Å². The molecule has 7 heteroatoms. The molecule has 132 valence electrons. The Hall–Kier alpha value is -2.00. The number of halogens is 2. The molecular weight excluding hydrogens is 509 g/mol. The van der Waals surface area contributed by atoms with Gasteiger partial charge in [-0.25, -0.2) is 4.68 Å². The zero-order chi connectivity index (χ0) is 18.5. The molecule has 0 spiro atoms. The minimum absolute atomic E-state index is 0.117. The van der Waals surface area contributed by atoms with Crippen LogP contribution in [0.2, 0.25) is 0 Å². The second kappa shape index (κ2) is 8.59.